The maximum absolute atomic E-state index is 11.3. The lowest BCUT2D eigenvalue weighted by atomic mass is 10.1. The molecule has 1 aromatic heterocycles. The summed E-state index contributed by atoms with van der Waals surface area (Å²) in [4.78, 5) is 11.3. The van der Waals surface area contributed by atoms with Gasteiger partial charge >= 0.3 is 5.97 Å². The summed E-state index contributed by atoms with van der Waals surface area (Å²) in [6.45, 7) is 8.78. The molecule has 5 heteroatoms. The number of ether oxygens (including phenoxy) is 1. The minimum absolute atomic E-state index is 0.00309. The number of carbonyl (C=O) groups excluding carboxylic acids is 1. The normalized spacial score (nSPS) is 11.5. The zero-order valence-corrected chi connectivity index (χ0v) is 10.2. The van der Waals surface area contributed by atoms with Crippen LogP contribution in [-0.2, 0) is 11.3 Å². The van der Waals surface area contributed by atoms with Crippen molar-refractivity contribution in [1.29, 1.82) is 0 Å². The van der Waals surface area contributed by atoms with Gasteiger partial charge in [-0.05, 0) is 27.7 Å². The molecule has 0 saturated carbocycles. The quantitative estimate of drug-likeness (QED) is 0.792. The summed E-state index contributed by atoms with van der Waals surface area (Å²) >= 11 is 0. The van der Waals surface area contributed by atoms with Gasteiger partial charge in [0, 0.05) is 11.6 Å². The Labute approximate surface area is 95.1 Å². The molecule has 0 aromatic carbocycles. The van der Waals surface area contributed by atoms with E-state index in [9.17, 15) is 4.79 Å². The Bertz CT molecular complexity index is 352. The first-order chi connectivity index (χ1) is 7.42. The van der Waals surface area contributed by atoms with Crippen LogP contribution in [0.2, 0.25) is 0 Å². The second kappa shape index (κ2) is 5.12. The lowest BCUT2D eigenvalue weighted by molar-refractivity contribution is 0.0514. The molecule has 0 amide bonds. The van der Waals surface area contributed by atoms with Crippen molar-refractivity contribution in [3.05, 3.63) is 17.5 Å². The van der Waals surface area contributed by atoms with Crippen LogP contribution in [0.5, 0.6) is 0 Å². The number of rotatable bonds is 4. The molecule has 16 heavy (non-hydrogen) atoms. The highest BCUT2D eigenvalue weighted by atomic mass is 16.5. The molecular weight excluding hydrogens is 208 g/mol. The molecule has 0 spiro atoms. The number of nitrogens with one attached hydrogen (secondary N) is 1. The lowest BCUT2D eigenvalue weighted by Gasteiger charge is -2.18. The average molecular weight is 226 g/mol. The predicted molar refractivity (Wildman–Crippen MR) is 59.1 cm³/mol. The van der Waals surface area contributed by atoms with Gasteiger partial charge in [-0.1, -0.05) is 5.16 Å². The highest BCUT2D eigenvalue weighted by molar-refractivity contribution is 5.87. The third-order valence-electron chi connectivity index (χ3n) is 1.84. The fourth-order valence-corrected chi connectivity index (χ4v) is 1.05. The van der Waals surface area contributed by atoms with Gasteiger partial charge in [0.15, 0.2) is 11.5 Å². The average Bonchev–Trinajstić information content (AvgIpc) is 2.62. The van der Waals surface area contributed by atoms with Gasteiger partial charge in [0.2, 0.25) is 0 Å². The van der Waals surface area contributed by atoms with Crippen LogP contribution in [0.1, 0.15) is 43.9 Å². The molecule has 1 heterocycles. The lowest BCUT2D eigenvalue weighted by Crippen LogP contribution is -2.34. The van der Waals surface area contributed by atoms with Crippen molar-refractivity contribution in [3.8, 4) is 0 Å². The minimum Gasteiger partial charge on any atom is -0.461 e. The van der Waals surface area contributed by atoms with Crippen molar-refractivity contribution in [2.24, 2.45) is 0 Å². The molecule has 0 aliphatic rings. The number of hydrogen-bond donors (Lipinski definition) is 1. The van der Waals surface area contributed by atoms with Crippen molar-refractivity contribution in [1.82, 2.24) is 10.5 Å². The van der Waals surface area contributed by atoms with Gasteiger partial charge in [-0.15, -0.1) is 0 Å². The van der Waals surface area contributed by atoms with Gasteiger partial charge in [-0.25, -0.2) is 4.79 Å². The van der Waals surface area contributed by atoms with Gasteiger partial charge in [-0.2, -0.15) is 0 Å². The van der Waals surface area contributed by atoms with Crippen molar-refractivity contribution in [2.45, 2.75) is 39.8 Å². The highest BCUT2D eigenvalue weighted by Gasteiger charge is 2.15. The summed E-state index contributed by atoms with van der Waals surface area (Å²) in [6, 6.07) is 1.59. The van der Waals surface area contributed by atoms with Crippen LogP contribution in [0.25, 0.3) is 0 Å². The van der Waals surface area contributed by atoms with Crippen molar-refractivity contribution < 1.29 is 14.1 Å². The number of hydrogen-bond acceptors (Lipinski definition) is 5. The van der Waals surface area contributed by atoms with E-state index in [1.807, 2.05) is 0 Å². The van der Waals surface area contributed by atoms with Gasteiger partial charge < -0.3 is 14.6 Å². The van der Waals surface area contributed by atoms with E-state index < -0.39 is 5.97 Å². The smallest absolute Gasteiger partial charge is 0.360 e. The first-order valence-electron chi connectivity index (χ1n) is 5.30. The van der Waals surface area contributed by atoms with E-state index >= 15 is 0 Å². The van der Waals surface area contributed by atoms with Crippen molar-refractivity contribution in [2.75, 3.05) is 6.61 Å². The Hall–Kier alpha value is -1.36. The third-order valence-corrected chi connectivity index (χ3v) is 1.84. The zero-order chi connectivity index (χ0) is 12.2. The first kappa shape index (κ1) is 12.7. The van der Waals surface area contributed by atoms with Crippen molar-refractivity contribution >= 4 is 5.97 Å². The molecule has 0 bridgehead atoms. The first-order valence-corrected chi connectivity index (χ1v) is 5.30. The minimum atomic E-state index is -0.451. The Morgan fingerprint density at radius 3 is 2.81 bits per heavy atom. The number of nitrogens with zero attached hydrogens (tertiary/aromatic N) is 1. The van der Waals surface area contributed by atoms with Crippen LogP contribution >= 0.6 is 0 Å². The van der Waals surface area contributed by atoms with E-state index in [1.165, 1.54) is 0 Å². The maximum atomic E-state index is 11.3. The van der Waals surface area contributed by atoms with E-state index in [1.54, 1.807) is 13.0 Å². The molecule has 0 fully saturated rings. The van der Waals surface area contributed by atoms with Gasteiger partial charge in [-0.3, -0.25) is 0 Å². The molecule has 0 saturated heterocycles. The van der Waals surface area contributed by atoms with Gasteiger partial charge in [0.05, 0.1) is 13.2 Å². The van der Waals surface area contributed by atoms with Crippen LogP contribution < -0.4 is 5.32 Å². The highest BCUT2D eigenvalue weighted by Crippen LogP contribution is 2.07. The summed E-state index contributed by atoms with van der Waals surface area (Å²) in [6.07, 6.45) is 0. The van der Waals surface area contributed by atoms with Gasteiger partial charge in [0.1, 0.15) is 0 Å². The number of esters is 1. The summed E-state index contributed by atoms with van der Waals surface area (Å²) < 4.78 is 9.82. The second-order valence-electron chi connectivity index (χ2n) is 4.50. The molecule has 1 rings (SSSR count). The maximum Gasteiger partial charge on any atom is 0.360 e. The fraction of sp³-hybridized carbons (Fsp3) is 0.636. The molecule has 90 valence electrons. The summed E-state index contributed by atoms with van der Waals surface area (Å²) in [5, 5.41) is 6.88. The molecule has 1 N–H and O–H groups in total. The SMILES string of the molecule is CCOC(=O)c1cc(CNC(C)(C)C)on1. The standard InChI is InChI=1S/C11H18N2O3/c1-5-15-10(14)9-6-8(16-13-9)7-12-11(2,3)4/h6,12H,5,7H2,1-4H3. The van der Waals surface area contributed by atoms with Crippen molar-refractivity contribution in [3.63, 3.8) is 0 Å². The summed E-state index contributed by atoms with van der Waals surface area (Å²) in [5.41, 5.74) is 0.212. The predicted octanol–water partition coefficient (Wildman–Crippen LogP) is 1.74. The zero-order valence-electron chi connectivity index (χ0n) is 10.2. The van der Waals surface area contributed by atoms with Crippen LogP contribution in [0, 0.1) is 0 Å². The fourth-order valence-electron chi connectivity index (χ4n) is 1.05. The molecule has 0 unspecified atom stereocenters. The molecule has 5 nitrogen and oxygen atoms in total. The molecular formula is C11H18N2O3. The van der Waals surface area contributed by atoms with E-state index in [0.29, 0.717) is 18.9 Å². The van der Waals surface area contributed by atoms with Gasteiger partial charge in [0.25, 0.3) is 0 Å². The van der Waals surface area contributed by atoms with E-state index in [4.69, 9.17) is 9.26 Å². The van der Waals surface area contributed by atoms with E-state index in [0.717, 1.165) is 0 Å². The number of aromatic nitrogens is 1. The monoisotopic (exact) mass is 226 g/mol. The Morgan fingerprint density at radius 2 is 2.25 bits per heavy atom. The third kappa shape index (κ3) is 4.02. The summed E-state index contributed by atoms with van der Waals surface area (Å²) in [5.74, 6) is 0.172. The molecule has 1 aromatic rings. The second-order valence-corrected chi connectivity index (χ2v) is 4.50. The molecule has 0 radical (unpaired) electrons. The molecule has 0 atom stereocenters. The molecule has 0 aliphatic carbocycles. The van der Waals surface area contributed by atoms with Crippen LogP contribution in [0.15, 0.2) is 10.6 Å². The number of carbonyl (C=O) groups is 1. The van der Waals surface area contributed by atoms with Crippen LogP contribution in [0.3, 0.4) is 0 Å². The Balaban J connectivity index is 2.55. The van der Waals surface area contributed by atoms with Crippen LogP contribution in [-0.4, -0.2) is 23.3 Å². The Kier molecular flexibility index (Phi) is 4.06. The largest absolute Gasteiger partial charge is 0.461 e. The van der Waals surface area contributed by atoms with E-state index in [-0.39, 0.29) is 11.2 Å². The van der Waals surface area contributed by atoms with E-state index in [2.05, 4.69) is 31.2 Å². The van der Waals surface area contributed by atoms with Crippen LogP contribution in [0.4, 0.5) is 0 Å². The summed E-state index contributed by atoms with van der Waals surface area (Å²) in [7, 11) is 0. The Morgan fingerprint density at radius 1 is 1.56 bits per heavy atom. The topological polar surface area (TPSA) is 64.4 Å². The molecule has 0 aliphatic heterocycles.